The lowest BCUT2D eigenvalue weighted by Crippen LogP contribution is -2.36. The van der Waals surface area contributed by atoms with Crippen molar-refractivity contribution in [2.45, 2.75) is 25.6 Å². The molecule has 2 aromatic carbocycles. The Hall–Kier alpha value is -2.41. The Balaban J connectivity index is 2.48. The van der Waals surface area contributed by atoms with E-state index in [0.29, 0.717) is 22.9 Å². The highest BCUT2D eigenvalue weighted by atomic mass is 32.2. The average Bonchev–Trinajstić information content (AvgIpc) is 2.65. The van der Waals surface area contributed by atoms with Gasteiger partial charge in [0.05, 0.1) is 38.8 Å². The molecule has 0 bridgehead atoms. The van der Waals surface area contributed by atoms with Crippen molar-refractivity contribution in [3.8, 4) is 17.2 Å². The van der Waals surface area contributed by atoms with Crippen molar-refractivity contribution in [3.05, 3.63) is 48.0 Å². The lowest BCUT2D eigenvalue weighted by Gasteiger charge is -2.27. The average molecular weight is 379 g/mol. The maximum Gasteiger partial charge on any atom is 0.237 e. The molecule has 0 fully saturated rings. The molecule has 0 aromatic heterocycles. The molecule has 0 amide bonds. The molecule has 6 nitrogen and oxygen atoms in total. The van der Waals surface area contributed by atoms with Crippen LogP contribution in [0.3, 0.4) is 0 Å². The van der Waals surface area contributed by atoms with Gasteiger partial charge in [-0.15, -0.1) is 0 Å². The van der Waals surface area contributed by atoms with Crippen LogP contribution in [0.15, 0.2) is 42.5 Å². The van der Waals surface area contributed by atoms with Gasteiger partial charge >= 0.3 is 0 Å². The summed E-state index contributed by atoms with van der Waals surface area (Å²) in [7, 11) is 1.15. The zero-order valence-electron chi connectivity index (χ0n) is 15.7. The summed E-state index contributed by atoms with van der Waals surface area (Å²) in [5, 5.41) is -0.558. The summed E-state index contributed by atoms with van der Waals surface area (Å²) in [5.41, 5.74) is 1.34. The Kier molecular flexibility index (Phi) is 6.37. The molecule has 26 heavy (non-hydrogen) atoms. The first kappa shape index (κ1) is 19.9. The summed E-state index contributed by atoms with van der Waals surface area (Å²) < 4.78 is 43.0. The molecule has 0 aliphatic carbocycles. The standard InChI is InChI=1S/C19H25NO5S/c1-14(2)26(21,22)20(16-6-8-17(23-3)9-7-16)13-15-10-18(24-4)12-19(11-15)25-5/h6-12,14H,13H2,1-5H3. The van der Waals surface area contributed by atoms with Crippen LogP contribution in [0.25, 0.3) is 0 Å². The van der Waals surface area contributed by atoms with Gasteiger partial charge < -0.3 is 14.2 Å². The van der Waals surface area contributed by atoms with Gasteiger partial charge in [0.25, 0.3) is 0 Å². The van der Waals surface area contributed by atoms with E-state index in [2.05, 4.69) is 0 Å². The molecule has 0 aliphatic rings. The summed E-state index contributed by atoms with van der Waals surface area (Å²) in [6, 6.07) is 12.3. The number of hydrogen-bond acceptors (Lipinski definition) is 5. The zero-order valence-corrected chi connectivity index (χ0v) is 16.5. The van der Waals surface area contributed by atoms with Crippen molar-refractivity contribution in [2.75, 3.05) is 25.6 Å². The third-order valence-electron chi connectivity index (χ3n) is 4.00. The van der Waals surface area contributed by atoms with Gasteiger partial charge in [-0.2, -0.15) is 0 Å². The second-order valence-electron chi connectivity index (χ2n) is 6.02. The van der Waals surface area contributed by atoms with Crippen molar-refractivity contribution >= 4 is 15.7 Å². The largest absolute Gasteiger partial charge is 0.497 e. The third-order valence-corrected chi connectivity index (χ3v) is 6.15. The molecular formula is C19H25NO5S. The van der Waals surface area contributed by atoms with E-state index >= 15 is 0 Å². The number of hydrogen-bond donors (Lipinski definition) is 0. The predicted octanol–water partition coefficient (Wildman–Crippen LogP) is 3.46. The molecule has 0 heterocycles. The van der Waals surface area contributed by atoms with E-state index in [1.165, 1.54) is 4.31 Å². The molecular weight excluding hydrogens is 354 g/mol. The van der Waals surface area contributed by atoms with Gasteiger partial charge in [0.2, 0.25) is 10.0 Å². The number of sulfonamides is 1. The number of methoxy groups -OCH3 is 3. The smallest absolute Gasteiger partial charge is 0.237 e. The minimum Gasteiger partial charge on any atom is -0.497 e. The Labute approximate surface area is 155 Å². The van der Waals surface area contributed by atoms with Crippen LogP contribution in [0.5, 0.6) is 17.2 Å². The SMILES string of the molecule is COc1ccc(N(Cc2cc(OC)cc(OC)c2)S(=O)(=O)C(C)C)cc1. The predicted molar refractivity (Wildman–Crippen MR) is 103 cm³/mol. The van der Waals surface area contributed by atoms with Gasteiger partial charge in [0.15, 0.2) is 0 Å². The zero-order chi connectivity index (χ0) is 19.3. The fourth-order valence-electron chi connectivity index (χ4n) is 2.45. The lowest BCUT2D eigenvalue weighted by atomic mass is 10.2. The van der Waals surface area contributed by atoms with E-state index in [1.54, 1.807) is 77.6 Å². The van der Waals surface area contributed by atoms with Crippen LogP contribution in [0, 0.1) is 0 Å². The van der Waals surface area contributed by atoms with Crippen LogP contribution < -0.4 is 18.5 Å². The van der Waals surface area contributed by atoms with E-state index in [9.17, 15) is 8.42 Å². The monoisotopic (exact) mass is 379 g/mol. The number of nitrogens with zero attached hydrogens (tertiary/aromatic N) is 1. The molecule has 2 aromatic rings. The van der Waals surface area contributed by atoms with Gasteiger partial charge in [-0.3, -0.25) is 4.31 Å². The molecule has 0 N–H and O–H groups in total. The third kappa shape index (κ3) is 4.40. The van der Waals surface area contributed by atoms with Gasteiger partial charge in [-0.05, 0) is 55.8 Å². The van der Waals surface area contributed by atoms with Crippen LogP contribution in [0.4, 0.5) is 5.69 Å². The number of ether oxygens (including phenoxy) is 3. The topological polar surface area (TPSA) is 65.1 Å². The summed E-state index contributed by atoms with van der Waals surface area (Å²) in [6.07, 6.45) is 0. The maximum absolute atomic E-state index is 12.9. The molecule has 7 heteroatoms. The number of rotatable bonds is 8. The van der Waals surface area contributed by atoms with Crippen molar-refractivity contribution in [3.63, 3.8) is 0 Å². The van der Waals surface area contributed by atoms with Crippen LogP contribution in [-0.2, 0) is 16.6 Å². The molecule has 0 aliphatic heterocycles. The van der Waals surface area contributed by atoms with Crippen molar-refractivity contribution in [1.82, 2.24) is 0 Å². The Bertz CT molecular complexity index is 809. The van der Waals surface area contributed by atoms with E-state index in [-0.39, 0.29) is 6.54 Å². The fraction of sp³-hybridized carbons (Fsp3) is 0.368. The number of benzene rings is 2. The Morgan fingerprint density at radius 2 is 1.35 bits per heavy atom. The van der Waals surface area contributed by atoms with Gasteiger partial charge in [-0.1, -0.05) is 0 Å². The summed E-state index contributed by atoms with van der Waals surface area (Å²) in [5.74, 6) is 1.88. The first-order valence-electron chi connectivity index (χ1n) is 8.19. The molecule has 0 saturated heterocycles. The number of anilines is 1. The van der Waals surface area contributed by atoms with E-state index in [1.807, 2.05) is 0 Å². The Morgan fingerprint density at radius 1 is 0.846 bits per heavy atom. The van der Waals surface area contributed by atoms with Gasteiger partial charge in [-0.25, -0.2) is 8.42 Å². The maximum atomic E-state index is 12.9. The van der Waals surface area contributed by atoms with Crippen LogP contribution in [0.2, 0.25) is 0 Å². The first-order chi connectivity index (χ1) is 12.3. The van der Waals surface area contributed by atoms with E-state index < -0.39 is 15.3 Å². The second kappa shape index (κ2) is 8.31. The minimum atomic E-state index is -3.54. The second-order valence-corrected chi connectivity index (χ2v) is 8.43. The summed E-state index contributed by atoms with van der Waals surface area (Å²) >= 11 is 0. The molecule has 0 radical (unpaired) electrons. The highest BCUT2D eigenvalue weighted by molar-refractivity contribution is 7.93. The molecule has 0 saturated carbocycles. The molecule has 0 spiro atoms. The molecule has 0 unspecified atom stereocenters. The normalized spacial score (nSPS) is 11.3. The quantitative estimate of drug-likeness (QED) is 0.703. The molecule has 142 valence electrons. The highest BCUT2D eigenvalue weighted by Gasteiger charge is 2.26. The van der Waals surface area contributed by atoms with Crippen LogP contribution in [0.1, 0.15) is 19.4 Å². The summed E-state index contributed by atoms with van der Waals surface area (Å²) in [6.45, 7) is 3.50. The van der Waals surface area contributed by atoms with Crippen LogP contribution >= 0.6 is 0 Å². The molecule has 0 atom stereocenters. The van der Waals surface area contributed by atoms with Crippen molar-refractivity contribution < 1.29 is 22.6 Å². The highest BCUT2D eigenvalue weighted by Crippen LogP contribution is 2.29. The lowest BCUT2D eigenvalue weighted by molar-refractivity contribution is 0.393. The fourth-order valence-corrected chi connectivity index (χ4v) is 3.71. The Morgan fingerprint density at radius 3 is 1.77 bits per heavy atom. The van der Waals surface area contributed by atoms with Gasteiger partial charge in [0, 0.05) is 6.07 Å². The van der Waals surface area contributed by atoms with Gasteiger partial charge in [0.1, 0.15) is 17.2 Å². The molecule has 2 rings (SSSR count). The first-order valence-corrected chi connectivity index (χ1v) is 9.69. The van der Waals surface area contributed by atoms with Crippen LogP contribution in [-0.4, -0.2) is 35.0 Å². The van der Waals surface area contributed by atoms with Crippen molar-refractivity contribution in [2.24, 2.45) is 0 Å². The van der Waals surface area contributed by atoms with E-state index in [0.717, 1.165) is 5.56 Å². The van der Waals surface area contributed by atoms with E-state index in [4.69, 9.17) is 14.2 Å². The minimum absolute atomic E-state index is 0.167. The van der Waals surface area contributed by atoms with Crippen molar-refractivity contribution in [1.29, 1.82) is 0 Å². The summed E-state index contributed by atoms with van der Waals surface area (Å²) in [4.78, 5) is 0.